The van der Waals surface area contributed by atoms with Crippen LogP contribution < -0.4 is 9.62 Å². The summed E-state index contributed by atoms with van der Waals surface area (Å²) in [6.45, 7) is 1.99. The van der Waals surface area contributed by atoms with Gasteiger partial charge in [-0.05, 0) is 42.5 Å². The van der Waals surface area contributed by atoms with Crippen molar-refractivity contribution in [2.75, 3.05) is 11.9 Å². The van der Waals surface area contributed by atoms with E-state index >= 15 is 0 Å². The lowest BCUT2D eigenvalue weighted by Gasteiger charge is -2.23. The van der Waals surface area contributed by atoms with E-state index in [4.69, 9.17) is 0 Å². The SMILES string of the molecule is Cc1ccc(C(N[SH](=O)=O)c2ccc3c(c2)C2(CC=CC2)C(=O)N3C)cc1. The number of amides is 1. The fourth-order valence-electron chi connectivity index (χ4n) is 4.21. The maximum absolute atomic E-state index is 12.9. The summed E-state index contributed by atoms with van der Waals surface area (Å²) in [5.41, 5.74) is 4.17. The van der Waals surface area contributed by atoms with Gasteiger partial charge in [-0.2, -0.15) is 0 Å². The Labute approximate surface area is 160 Å². The lowest BCUT2D eigenvalue weighted by Crippen LogP contribution is -2.36. The van der Waals surface area contributed by atoms with Crippen molar-refractivity contribution in [3.8, 4) is 0 Å². The lowest BCUT2D eigenvalue weighted by molar-refractivity contribution is -0.122. The van der Waals surface area contributed by atoms with E-state index in [1.807, 2.05) is 49.4 Å². The van der Waals surface area contributed by atoms with Crippen LogP contribution in [0.4, 0.5) is 5.69 Å². The number of carbonyl (C=O) groups excluding carboxylic acids is 1. The standard InChI is InChI=1S/C21H22N2O3S/c1-14-5-7-15(8-6-14)19(22-27(25)26)16-9-10-18-17(13-16)21(11-3-4-12-21)20(24)23(18)2/h3-10,13,19,27H,11-12H2,1-2H3,(H,22,25,26). The van der Waals surface area contributed by atoms with E-state index in [0.29, 0.717) is 12.8 Å². The molecule has 1 aliphatic heterocycles. The second kappa shape index (κ2) is 6.62. The summed E-state index contributed by atoms with van der Waals surface area (Å²) in [6, 6.07) is 13.2. The number of likely N-dealkylation sites (N-methyl/N-ethyl adjacent to an activating group) is 1. The van der Waals surface area contributed by atoms with E-state index in [9.17, 15) is 13.2 Å². The minimum atomic E-state index is -2.78. The van der Waals surface area contributed by atoms with E-state index in [1.54, 1.807) is 11.9 Å². The molecule has 5 nitrogen and oxygen atoms in total. The molecule has 140 valence electrons. The zero-order valence-corrected chi connectivity index (χ0v) is 16.2. The number of fused-ring (bicyclic) bond motifs is 2. The molecule has 2 aliphatic rings. The Morgan fingerprint density at radius 2 is 1.67 bits per heavy atom. The highest BCUT2D eigenvalue weighted by atomic mass is 32.2. The van der Waals surface area contributed by atoms with Gasteiger partial charge in [0.05, 0.1) is 11.5 Å². The predicted molar refractivity (Wildman–Crippen MR) is 106 cm³/mol. The number of anilines is 1. The first-order valence-corrected chi connectivity index (χ1v) is 10.1. The van der Waals surface area contributed by atoms with E-state index in [1.165, 1.54) is 0 Å². The number of carbonyl (C=O) groups is 1. The molecular formula is C21H22N2O3S. The smallest absolute Gasteiger partial charge is 0.238 e. The Morgan fingerprint density at radius 3 is 2.30 bits per heavy atom. The second-order valence-electron chi connectivity index (χ2n) is 7.33. The van der Waals surface area contributed by atoms with Crippen LogP contribution in [0, 0.1) is 6.92 Å². The zero-order chi connectivity index (χ0) is 19.2. The monoisotopic (exact) mass is 382 g/mol. The van der Waals surface area contributed by atoms with E-state index in [0.717, 1.165) is 27.9 Å². The Hall–Kier alpha value is -2.44. The number of benzene rings is 2. The van der Waals surface area contributed by atoms with Gasteiger partial charge in [0.25, 0.3) is 0 Å². The largest absolute Gasteiger partial charge is 0.314 e. The van der Waals surface area contributed by atoms with Crippen LogP contribution in [-0.2, 0) is 21.1 Å². The molecule has 4 rings (SSSR count). The third-order valence-electron chi connectivity index (χ3n) is 5.69. The highest BCUT2D eigenvalue weighted by Crippen LogP contribution is 2.49. The zero-order valence-electron chi connectivity index (χ0n) is 15.3. The first kappa shape index (κ1) is 17.9. The predicted octanol–water partition coefficient (Wildman–Crippen LogP) is 2.76. The van der Waals surface area contributed by atoms with Gasteiger partial charge in [0.15, 0.2) is 0 Å². The van der Waals surface area contributed by atoms with Crippen molar-refractivity contribution in [1.82, 2.24) is 4.72 Å². The fourth-order valence-corrected chi connectivity index (χ4v) is 4.72. The van der Waals surface area contributed by atoms with Crippen LogP contribution in [0.5, 0.6) is 0 Å². The van der Waals surface area contributed by atoms with Crippen LogP contribution >= 0.6 is 0 Å². The van der Waals surface area contributed by atoms with Gasteiger partial charge in [-0.25, -0.2) is 13.1 Å². The molecule has 1 heterocycles. The Kier molecular flexibility index (Phi) is 4.40. The molecule has 1 N–H and O–H groups in total. The number of rotatable bonds is 4. The summed E-state index contributed by atoms with van der Waals surface area (Å²) in [5.74, 6) is 0.106. The Bertz CT molecular complexity index is 993. The fraction of sp³-hybridized carbons (Fsp3) is 0.286. The van der Waals surface area contributed by atoms with Crippen molar-refractivity contribution in [3.63, 3.8) is 0 Å². The maximum atomic E-state index is 12.9. The summed E-state index contributed by atoms with van der Waals surface area (Å²) in [6.07, 6.45) is 5.48. The van der Waals surface area contributed by atoms with Crippen molar-refractivity contribution >= 4 is 22.5 Å². The first-order valence-electron chi connectivity index (χ1n) is 8.97. The minimum absolute atomic E-state index is 0.106. The normalized spacial score (nSPS) is 18.5. The minimum Gasteiger partial charge on any atom is -0.314 e. The molecule has 1 spiro atoms. The number of nitrogens with zero attached hydrogens (tertiary/aromatic N) is 1. The number of thiol groups is 1. The number of allylic oxidation sites excluding steroid dienone is 2. The molecule has 1 aliphatic carbocycles. The van der Waals surface area contributed by atoms with Gasteiger partial charge < -0.3 is 4.90 Å². The van der Waals surface area contributed by atoms with Crippen LogP contribution in [0.15, 0.2) is 54.6 Å². The molecule has 0 radical (unpaired) electrons. The number of hydrogen-bond acceptors (Lipinski definition) is 3. The Morgan fingerprint density at radius 1 is 1.04 bits per heavy atom. The highest BCUT2D eigenvalue weighted by molar-refractivity contribution is 7.70. The molecule has 0 aromatic heterocycles. The molecule has 0 saturated heterocycles. The molecule has 1 atom stereocenters. The van der Waals surface area contributed by atoms with Crippen molar-refractivity contribution in [1.29, 1.82) is 0 Å². The summed E-state index contributed by atoms with van der Waals surface area (Å²) >= 11 is 0. The Balaban J connectivity index is 1.82. The summed E-state index contributed by atoms with van der Waals surface area (Å²) in [7, 11) is -0.973. The topological polar surface area (TPSA) is 66.5 Å². The molecule has 0 bridgehead atoms. The average Bonchev–Trinajstić information content (AvgIpc) is 3.22. The quantitative estimate of drug-likeness (QED) is 0.631. The first-order chi connectivity index (χ1) is 12.9. The molecular weight excluding hydrogens is 360 g/mol. The van der Waals surface area contributed by atoms with Crippen molar-refractivity contribution < 1.29 is 13.2 Å². The van der Waals surface area contributed by atoms with Gasteiger partial charge in [0.2, 0.25) is 16.8 Å². The molecule has 1 unspecified atom stereocenters. The molecule has 0 saturated carbocycles. The van der Waals surface area contributed by atoms with E-state index < -0.39 is 22.3 Å². The molecule has 1 amide bonds. The average molecular weight is 382 g/mol. The van der Waals surface area contributed by atoms with Crippen LogP contribution in [0.1, 0.15) is 41.1 Å². The van der Waals surface area contributed by atoms with Gasteiger partial charge in [0, 0.05) is 12.7 Å². The number of hydrogen-bond donors (Lipinski definition) is 2. The van der Waals surface area contributed by atoms with Crippen LogP contribution in [0.3, 0.4) is 0 Å². The van der Waals surface area contributed by atoms with E-state index in [2.05, 4.69) is 16.9 Å². The molecule has 2 aromatic rings. The van der Waals surface area contributed by atoms with Crippen LogP contribution in [0.25, 0.3) is 0 Å². The maximum Gasteiger partial charge on any atom is 0.238 e. The molecule has 6 heteroatoms. The highest BCUT2D eigenvalue weighted by Gasteiger charge is 2.49. The van der Waals surface area contributed by atoms with E-state index in [-0.39, 0.29) is 5.91 Å². The van der Waals surface area contributed by atoms with Gasteiger partial charge in [-0.3, -0.25) is 4.79 Å². The van der Waals surface area contributed by atoms with Gasteiger partial charge in [0.1, 0.15) is 0 Å². The van der Waals surface area contributed by atoms with Crippen molar-refractivity contribution in [3.05, 3.63) is 76.9 Å². The van der Waals surface area contributed by atoms with Crippen molar-refractivity contribution in [2.45, 2.75) is 31.2 Å². The third-order valence-corrected chi connectivity index (χ3v) is 6.16. The van der Waals surface area contributed by atoms with Crippen molar-refractivity contribution in [2.24, 2.45) is 0 Å². The van der Waals surface area contributed by atoms with Gasteiger partial charge in [-0.1, -0.05) is 54.1 Å². The van der Waals surface area contributed by atoms with Crippen LogP contribution in [0.2, 0.25) is 0 Å². The third kappa shape index (κ3) is 2.89. The molecule has 0 fully saturated rings. The summed E-state index contributed by atoms with van der Waals surface area (Å²) in [4.78, 5) is 14.6. The second-order valence-corrected chi connectivity index (χ2v) is 8.10. The lowest BCUT2D eigenvalue weighted by atomic mass is 9.78. The summed E-state index contributed by atoms with van der Waals surface area (Å²) < 4.78 is 25.6. The van der Waals surface area contributed by atoms with Gasteiger partial charge >= 0.3 is 0 Å². The molecule has 2 aromatic carbocycles. The number of aryl methyl sites for hydroxylation is 1. The number of nitrogens with one attached hydrogen (secondary N) is 1. The van der Waals surface area contributed by atoms with Gasteiger partial charge in [-0.15, -0.1) is 0 Å². The summed E-state index contributed by atoms with van der Waals surface area (Å²) in [5, 5.41) is 0. The molecule has 27 heavy (non-hydrogen) atoms. The van der Waals surface area contributed by atoms with Crippen LogP contribution in [-0.4, -0.2) is 21.4 Å².